The predicted molar refractivity (Wildman–Crippen MR) is 79.6 cm³/mol. The number of aromatic nitrogens is 4. The van der Waals surface area contributed by atoms with E-state index < -0.39 is 61.3 Å². The summed E-state index contributed by atoms with van der Waals surface area (Å²) in [6, 6.07) is 0. The van der Waals surface area contributed by atoms with Crippen molar-refractivity contribution >= 4 is 23.1 Å². The lowest BCUT2D eigenvalue weighted by atomic mass is 9.95. The first-order valence-electron chi connectivity index (χ1n) is 7.93. The molecule has 30 heavy (non-hydrogen) atoms. The Morgan fingerprint density at radius 2 is 1.67 bits per heavy atom. The van der Waals surface area contributed by atoms with Gasteiger partial charge in [0.2, 0.25) is 0 Å². The van der Waals surface area contributed by atoms with Gasteiger partial charge in [0, 0.05) is 0 Å². The van der Waals surface area contributed by atoms with Gasteiger partial charge in [-0.25, -0.2) is 19.6 Å². The van der Waals surface area contributed by atoms with Crippen LogP contribution in [0.5, 0.6) is 0 Å². The number of alkyl halides is 6. The highest BCUT2D eigenvalue weighted by molar-refractivity contribution is 5.76. The van der Waals surface area contributed by atoms with Crippen LogP contribution in [-0.2, 0) is 23.8 Å². The molecule has 3 atom stereocenters. The van der Waals surface area contributed by atoms with E-state index in [1.807, 2.05) is 0 Å². The van der Waals surface area contributed by atoms with E-state index in [2.05, 4.69) is 24.4 Å². The van der Waals surface area contributed by atoms with Crippen molar-refractivity contribution in [2.75, 3.05) is 13.2 Å². The predicted octanol–water partition coefficient (Wildman–Crippen LogP) is 0.844. The van der Waals surface area contributed by atoms with Gasteiger partial charge in [0.15, 0.2) is 11.2 Å². The SMILES string of the molecule is O=C(OC[C@H]1[C@H](n2cnc3c(=O)[nH]cnc32)O[C@@H]1COC(=O)C(F)(F)F)C(F)(F)F. The fraction of sp³-hybridized carbons (Fsp3) is 0.500. The molecule has 1 fully saturated rings. The maximum absolute atomic E-state index is 12.4. The van der Waals surface area contributed by atoms with Crippen LogP contribution in [0.1, 0.15) is 6.23 Å². The third-order valence-corrected chi connectivity index (χ3v) is 4.05. The largest absolute Gasteiger partial charge is 0.490 e. The summed E-state index contributed by atoms with van der Waals surface area (Å²) in [4.78, 5) is 43.4. The number of H-pyrrole nitrogens is 1. The van der Waals surface area contributed by atoms with Crippen LogP contribution in [0.15, 0.2) is 17.4 Å². The van der Waals surface area contributed by atoms with Crippen molar-refractivity contribution in [3.8, 4) is 0 Å². The number of carbonyl (C=O) groups excluding carboxylic acids is 2. The Kier molecular flexibility index (Phi) is 5.44. The lowest BCUT2D eigenvalue weighted by Gasteiger charge is -2.44. The zero-order chi connectivity index (χ0) is 22.3. The minimum Gasteiger partial charge on any atom is -0.458 e. The number of nitrogens with one attached hydrogen (secondary N) is 1. The summed E-state index contributed by atoms with van der Waals surface area (Å²) in [6.07, 6.45) is -11.0. The molecule has 1 N–H and O–H groups in total. The molecule has 0 saturated carbocycles. The number of nitrogens with zero attached hydrogens (tertiary/aromatic N) is 3. The molecule has 3 heterocycles. The van der Waals surface area contributed by atoms with Crippen molar-refractivity contribution in [3.05, 3.63) is 23.0 Å². The van der Waals surface area contributed by atoms with Gasteiger partial charge in [0.05, 0.1) is 18.6 Å². The first-order chi connectivity index (χ1) is 13.9. The van der Waals surface area contributed by atoms with Crippen LogP contribution in [-0.4, -0.2) is 63.1 Å². The average Bonchev–Trinajstić information content (AvgIpc) is 3.04. The van der Waals surface area contributed by atoms with Crippen molar-refractivity contribution in [1.29, 1.82) is 0 Å². The topological polar surface area (TPSA) is 125 Å². The lowest BCUT2D eigenvalue weighted by molar-refractivity contribution is -0.260. The molecule has 0 radical (unpaired) electrons. The van der Waals surface area contributed by atoms with Gasteiger partial charge in [-0.05, 0) is 0 Å². The molecule has 10 nitrogen and oxygen atoms in total. The number of carbonyl (C=O) groups is 2. The average molecular weight is 444 g/mol. The zero-order valence-corrected chi connectivity index (χ0v) is 14.4. The number of hydrogen-bond donors (Lipinski definition) is 1. The molecule has 1 aliphatic heterocycles. The fourth-order valence-electron chi connectivity index (χ4n) is 2.64. The van der Waals surface area contributed by atoms with Gasteiger partial charge in [-0.1, -0.05) is 0 Å². The number of esters is 2. The van der Waals surface area contributed by atoms with E-state index in [-0.39, 0.29) is 11.2 Å². The zero-order valence-electron chi connectivity index (χ0n) is 14.4. The molecule has 1 aliphatic rings. The Labute approximate surface area is 160 Å². The summed E-state index contributed by atoms with van der Waals surface area (Å²) in [7, 11) is 0. The van der Waals surface area contributed by atoms with Crippen LogP contribution in [0.4, 0.5) is 26.3 Å². The number of aromatic amines is 1. The van der Waals surface area contributed by atoms with E-state index in [1.54, 1.807) is 0 Å². The minimum atomic E-state index is -5.30. The van der Waals surface area contributed by atoms with Crippen LogP contribution in [0.2, 0.25) is 0 Å². The van der Waals surface area contributed by atoms with Gasteiger partial charge in [-0.2, -0.15) is 26.3 Å². The van der Waals surface area contributed by atoms with Crippen molar-refractivity contribution in [1.82, 2.24) is 19.5 Å². The van der Waals surface area contributed by atoms with Gasteiger partial charge in [-0.15, -0.1) is 0 Å². The highest BCUT2D eigenvalue weighted by atomic mass is 19.4. The first-order valence-corrected chi connectivity index (χ1v) is 7.93. The molecule has 0 spiro atoms. The molecule has 0 unspecified atom stereocenters. The summed E-state index contributed by atoms with van der Waals surface area (Å²) in [5.41, 5.74) is -0.811. The minimum absolute atomic E-state index is 0.0402. The first kappa shape index (κ1) is 21.5. The molecule has 0 amide bonds. The van der Waals surface area contributed by atoms with E-state index in [1.165, 1.54) is 0 Å². The van der Waals surface area contributed by atoms with Gasteiger partial charge in [0.1, 0.15) is 25.5 Å². The molecule has 1 saturated heterocycles. The van der Waals surface area contributed by atoms with Gasteiger partial charge in [-0.3, -0.25) is 9.36 Å². The van der Waals surface area contributed by atoms with E-state index in [4.69, 9.17) is 4.74 Å². The number of imidazole rings is 1. The monoisotopic (exact) mass is 444 g/mol. The Balaban J connectivity index is 1.78. The van der Waals surface area contributed by atoms with Crippen LogP contribution < -0.4 is 5.56 Å². The second-order valence-electron chi connectivity index (χ2n) is 5.98. The maximum Gasteiger partial charge on any atom is 0.490 e. The van der Waals surface area contributed by atoms with Crippen LogP contribution in [0.3, 0.4) is 0 Å². The second-order valence-corrected chi connectivity index (χ2v) is 5.98. The Hall–Kier alpha value is -3.17. The fourth-order valence-corrected chi connectivity index (χ4v) is 2.64. The smallest absolute Gasteiger partial charge is 0.458 e. The number of ether oxygens (including phenoxy) is 3. The molecule has 0 aromatic carbocycles. The number of halogens is 6. The quantitative estimate of drug-likeness (QED) is 0.532. The second kappa shape index (κ2) is 7.58. The number of rotatable bonds is 5. The molecule has 0 aliphatic carbocycles. The molecule has 3 rings (SSSR count). The number of hydrogen-bond acceptors (Lipinski definition) is 8. The van der Waals surface area contributed by atoms with Gasteiger partial charge >= 0.3 is 24.3 Å². The van der Waals surface area contributed by atoms with E-state index >= 15 is 0 Å². The summed E-state index contributed by atoms with van der Waals surface area (Å²) >= 11 is 0. The molecular formula is C14H10F6N4O6. The highest BCUT2D eigenvalue weighted by Crippen LogP contribution is 2.39. The van der Waals surface area contributed by atoms with E-state index in [0.29, 0.717) is 0 Å². The van der Waals surface area contributed by atoms with E-state index in [9.17, 15) is 40.7 Å². The Bertz CT molecular complexity index is 1010. The van der Waals surface area contributed by atoms with Crippen molar-refractivity contribution in [3.63, 3.8) is 0 Å². The van der Waals surface area contributed by atoms with Crippen molar-refractivity contribution in [2.45, 2.75) is 24.7 Å². The van der Waals surface area contributed by atoms with Crippen LogP contribution in [0, 0.1) is 5.92 Å². The summed E-state index contributed by atoms with van der Waals surface area (Å²) in [6.45, 7) is -1.90. The number of fused-ring (bicyclic) bond motifs is 1. The molecule has 2 aromatic rings. The third-order valence-electron chi connectivity index (χ3n) is 4.05. The standard InChI is InChI=1S/C14H10F6N4O6/c15-13(16,17)11(26)28-1-5-6(2-29-12(27)14(18,19)20)30-10(5)24-4-23-7-8(24)21-3-22-9(7)25/h3-6,10H,1-2H2,(H,21,22,25)/t5-,6-,10-/m1/s1. The molecular weight excluding hydrogens is 434 g/mol. The molecule has 2 aromatic heterocycles. The van der Waals surface area contributed by atoms with E-state index in [0.717, 1.165) is 17.2 Å². The molecule has 0 bridgehead atoms. The van der Waals surface area contributed by atoms with Crippen molar-refractivity contribution < 1.29 is 50.1 Å². The van der Waals surface area contributed by atoms with Crippen LogP contribution >= 0.6 is 0 Å². The van der Waals surface area contributed by atoms with Crippen molar-refractivity contribution in [2.24, 2.45) is 5.92 Å². The van der Waals surface area contributed by atoms with Crippen LogP contribution in [0.25, 0.3) is 11.2 Å². The summed E-state index contributed by atoms with van der Waals surface area (Å²) in [5, 5.41) is 0. The lowest BCUT2D eigenvalue weighted by Crippen LogP contribution is -2.51. The Morgan fingerprint density at radius 1 is 1.07 bits per heavy atom. The summed E-state index contributed by atoms with van der Waals surface area (Å²) in [5.74, 6) is -6.22. The maximum atomic E-state index is 12.4. The molecule has 16 heteroatoms. The molecule has 164 valence electrons. The third kappa shape index (κ3) is 4.22. The normalized spacial score (nSPS) is 21.9. The Morgan fingerprint density at radius 3 is 2.27 bits per heavy atom. The van der Waals surface area contributed by atoms with Gasteiger partial charge in [0.25, 0.3) is 5.56 Å². The highest BCUT2D eigenvalue weighted by Gasteiger charge is 2.49. The van der Waals surface area contributed by atoms with Gasteiger partial charge < -0.3 is 19.2 Å². The summed E-state index contributed by atoms with van der Waals surface area (Å²) < 4.78 is 88.4.